The van der Waals surface area contributed by atoms with Crippen LogP contribution in [0.5, 0.6) is 5.75 Å². The van der Waals surface area contributed by atoms with Crippen LogP contribution in [0, 0.1) is 5.92 Å². The Balaban J connectivity index is 2.15. The maximum atomic E-state index is 13.2. The van der Waals surface area contributed by atoms with E-state index in [2.05, 4.69) is 5.32 Å². The van der Waals surface area contributed by atoms with Crippen molar-refractivity contribution in [3.8, 4) is 5.75 Å². The van der Waals surface area contributed by atoms with Gasteiger partial charge in [-0.3, -0.25) is 19.2 Å². The van der Waals surface area contributed by atoms with Crippen LogP contribution in [0.2, 0.25) is 0 Å². The molecule has 2 unspecified atom stereocenters. The number of carbonyl (C=O) groups is 4. The van der Waals surface area contributed by atoms with Crippen LogP contribution >= 0.6 is 0 Å². The summed E-state index contributed by atoms with van der Waals surface area (Å²) in [5, 5.41) is 2.79. The number of piperidine rings is 1. The van der Waals surface area contributed by atoms with Crippen LogP contribution in [-0.2, 0) is 23.9 Å². The second kappa shape index (κ2) is 12.6. The molecule has 0 aromatic heterocycles. The van der Waals surface area contributed by atoms with Crippen LogP contribution < -0.4 is 10.1 Å². The van der Waals surface area contributed by atoms with E-state index in [1.165, 1.54) is 11.9 Å². The molecule has 1 saturated heterocycles. The number of nitrogens with zero attached hydrogens (tertiary/aromatic N) is 2. The minimum absolute atomic E-state index is 0.0147. The number of esters is 1. The van der Waals surface area contributed by atoms with Crippen molar-refractivity contribution >= 4 is 23.7 Å². The second-order valence-corrected chi connectivity index (χ2v) is 9.93. The monoisotopic (exact) mass is 489 g/mol. The van der Waals surface area contributed by atoms with Gasteiger partial charge in [-0.2, -0.15) is 0 Å². The molecular weight excluding hydrogens is 450 g/mol. The zero-order valence-corrected chi connectivity index (χ0v) is 21.8. The normalized spacial score (nSPS) is 18.1. The summed E-state index contributed by atoms with van der Waals surface area (Å²) in [7, 11) is 3.04. The van der Waals surface area contributed by atoms with E-state index in [-0.39, 0.29) is 24.8 Å². The molecule has 9 heteroatoms. The fourth-order valence-corrected chi connectivity index (χ4v) is 4.20. The summed E-state index contributed by atoms with van der Waals surface area (Å²) in [6, 6.07) is 6.79. The van der Waals surface area contributed by atoms with Crippen LogP contribution in [-0.4, -0.2) is 72.9 Å². The topological polar surface area (TPSA) is 105 Å². The zero-order chi connectivity index (χ0) is 26.2. The molecule has 1 aliphatic rings. The Morgan fingerprint density at radius 1 is 1.20 bits per heavy atom. The van der Waals surface area contributed by atoms with Crippen LogP contribution in [0.1, 0.15) is 65.0 Å². The zero-order valence-electron chi connectivity index (χ0n) is 21.8. The van der Waals surface area contributed by atoms with Crippen molar-refractivity contribution in [3.63, 3.8) is 0 Å². The molecule has 3 amide bonds. The largest absolute Gasteiger partial charge is 0.496 e. The molecule has 1 N–H and O–H groups in total. The van der Waals surface area contributed by atoms with Crippen molar-refractivity contribution in [2.24, 2.45) is 5.92 Å². The summed E-state index contributed by atoms with van der Waals surface area (Å²) < 4.78 is 10.9. The Bertz CT molecular complexity index is 911. The first-order valence-electron chi connectivity index (χ1n) is 12.1. The maximum Gasteiger partial charge on any atom is 0.311 e. The van der Waals surface area contributed by atoms with Gasteiger partial charge in [-0.05, 0) is 39.7 Å². The van der Waals surface area contributed by atoms with E-state index in [0.717, 1.165) is 18.4 Å². The number of likely N-dealkylation sites (N-methyl/N-ethyl adjacent to an activating group) is 1. The number of methoxy groups -OCH3 is 1. The number of unbranched alkanes of at least 4 members (excludes halogenated alkanes) is 1. The fraction of sp³-hybridized carbons (Fsp3) is 0.615. The SMILES string of the molecule is CCCCN1C(=O)CCC(C(=O)OCC(=O)N(C)CC(=O)NC(C)(C)C)C1c1ccccc1OC. The molecule has 2 atom stereocenters. The summed E-state index contributed by atoms with van der Waals surface area (Å²) in [6.45, 7) is 7.51. The quantitative estimate of drug-likeness (QED) is 0.507. The van der Waals surface area contributed by atoms with Gasteiger partial charge in [-0.1, -0.05) is 31.5 Å². The molecule has 0 saturated carbocycles. The van der Waals surface area contributed by atoms with E-state index in [1.807, 2.05) is 45.9 Å². The summed E-state index contributed by atoms with van der Waals surface area (Å²) in [4.78, 5) is 53.6. The third-order valence-corrected chi connectivity index (χ3v) is 5.88. The lowest BCUT2D eigenvalue weighted by Gasteiger charge is -2.40. The first-order chi connectivity index (χ1) is 16.5. The van der Waals surface area contributed by atoms with Crippen molar-refractivity contribution in [2.75, 3.05) is 33.9 Å². The van der Waals surface area contributed by atoms with E-state index < -0.39 is 36.0 Å². The number of likely N-dealkylation sites (tertiary alicyclic amines) is 1. The third-order valence-electron chi connectivity index (χ3n) is 5.88. The number of ether oxygens (including phenoxy) is 2. The summed E-state index contributed by atoms with van der Waals surface area (Å²) in [5.74, 6) is -1.38. The highest BCUT2D eigenvalue weighted by atomic mass is 16.5. The van der Waals surface area contributed by atoms with Crippen molar-refractivity contribution < 1.29 is 28.7 Å². The van der Waals surface area contributed by atoms with E-state index >= 15 is 0 Å². The molecule has 1 aromatic rings. The number of para-hydroxylation sites is 1. The number of rotatable bonds is 10. The smallest absolute Gasteiger partial charge is 0.311 e. The lowest BCUT2D eigenvalue weighted by atomic mass is 9.83. The van der Waals surface area contributed by atoms with Crippen LogP contribution in [0.4, 0.5) is 0 Å². The first kappa shape index (κ1) is 28.1. The molecule has 2 rings (SSSR count). The molecule has 0 spiro atoms. The van der Waals surface area contributed by atoms with Gasteiger partial charge in [0.2, 0.25) is 11.8 Å². The summed E-state index contributed by atoms with van der Waals surface area (Å²) in [5.41, 5.74) is 0.326. The standard InChI is InChI=1S/C26H39N3O6/c1-7-8-15-29-22(31)14-13-19(24(29)18-11-9-10-12-20(18)34-6)25(33)35-17-23(32)28(5)16-21(30)27-26(2,3)4/h9-12,19,24H,7-8,13-17H2,1-6H3,(H,27,30). The molecule has 0 bridgehead atoms. The lowest BCUT2D eigenvalue weighted by molar-refractivity contribution is -0.161. The number of nitrogens with one attached hydrogen (secondary N) is 1. The number of amides is 3. The van der Waals surface area contributed by atoms with Crippen molar-refractivity contribution in [1.82, 2.24) is 15.1 Å². The highest BCUT2D eigenvalue weighted by Crippen LogP contribution is 2.41. The number of carbonyl (C=O) groups excluding carboxylic acids is 4. The Kier molecular flexibility index (Phi) is 10.1. The van der Waals surface area contributed by atoms with Crippen LogP contribution in [0.15, 0.2) is 24.3 Å². The fourth-order valence-electron chi connectivity index (χ4n) is 4.20. The molecule has 194 valence electrons. The van der Waals surface area contributed by atoms with Gasteiger partial charge < -0.3 is 24.6 Å². The van der Waals surface area contributed by atoms with Crippen molar-refractivity contribution in [1.29, 1.82) is 0 Å². The van der Waals surface area contributed by atoms with Gasteiger partial charge in [-0.25, -0.2) is 0 Å². The molecular formula is C26H39N3O6. The number of benzene rings is 1. The average molecular weight is 490 g/mol. The van der Waals surface area contributed by atoms with Gasteiger partial charge in [-0.15, -0.1) is 0 Å². The molecule has 1 heterocycles. The Hall–Kier alpha value is -3.10. The Labute approximate surface area is 208 Å². The van der Waals surface area contributed by atoms with E-state index in [0.29, 0.717) is 18.7 Å². The lowest BCUT2D eigenvalue weighted by Crippen LogP contribution is -2.48. The molecule has 0 radical (unpaired) electrons. The minimum Gasteiger partial charge on any atom is -0.496 e. The van der Waals surface area contributed by atoms with Crippen molar-refractivity contribution in [3.05, 3.63) is 29.8 Å². The van der Waals surface area contributed by atoms with Gasteiger partial charge in [0.05, 0.1) is 25.6 Å². The molecule has 1 fully saturated rings. The third kappa shape index (κ3) is 7.97. The Morgan fingerprint density at radius 3 is 2.51 bits per heavy atom. The highest BCUT2D eigenvalue weighted by molar-refractivity contribution is 5.87. The minimum atomic E-state index is -0.636. The van der Waals surface area contributed by atoms with E-state index in [1.54, 1.807) is 18.1 Å². The summed E-state index contributed by atoms with van der Waals surface area (Å²) >= 11 is 0. The number of hydrogen-bond acceptors (Lipinski definition) is 6. The molecule has 1 aromatic carbocycles. The van der Waals surface area contributed by atoms with E-state index in [4.69, 9.17) is 9.47 Å². The molecule has 1 aliphatic heterocycles. The van der Waals surface area contributed by atoms with Gasteiger partial charge in [0, 0.05) is 31.1 Å². The molecule has 0 aliphatic carbocycles. The maximum absolute atomic E-state index is 13.2. The van der Waals surface area contributed by atoms with Crippen molar-refractivity contribution in [2.45, 2.75) is 65.0 Å². The average Bonchev–Trinajstić information content (AvgIpc) is 2.79. The van der Waals surface area contributed by atoms with Gasteiger partial charge in [0.15, 0.2) is 6.61 Å². The highest BCUT2D eigenvalue weighted by Gasteiger charge is 2.42. The van der Waals surface area contributed by atoms with Crippen LogP contribution in [0.25, 0.3) is 0 Å². The first-order valence-corrected chi connectivity index (χ1v) is 12.1. The second-order valence-electron chi connectivity index (χ2n) is 9.93. The predicted molar refractivity (Wildman–Crippen MR) is 132 cm³/mol. The van der Waals surface area contributed by atoms with Gasteiger partial charge in [0.25, 0.3) is 5.91 Å². The van der Waals surface area contributed by atoms with Gasteiger partial charge in [0.1, 0.15) is 5.75 Å². The van der Waals surface area contributed by atoms with E-state index in [9.17, 15) is 19.2 Å². The van der Waals surface area contributed by atoms with Crippen LogP contribution in [0.3, 0.4) is 0 Å². The predicted octanol–water partition coefficient (Wildman–Crippen LogP) is 2.69. The number of hydrogen-bond donors (Lipinski definition) is 1. The summed E-state index contributed by atoms with van der Waals surface area (Å²) in [6.07, 6.45) is 2.26. The molecule has 35 heavy (non-hydrogen) atoms. The molecule has 9 nitrogen and oxygen atoms in total. The Morgan fingerprint density at radius 2 is 1.89 bits per heavy atom. The van der Waals surface area contributed by atoms with Gasteiger partial charge >= 0.3 is 5.97 Å².